The van der Waals surface area contributed by atoms with Crippen LogP contribution in [0.3, 0.4) is 0 Å². The second-order valence-corrected chi connectivity index (χ2v) is 6.41. The molecule has 0 unspecified atom stereocenters. The molecule has 0 aromatic carbocycles. The van der Waals surface area contributed by atoms with Crippen molar-refractivity contribution in [3.8, 4) is 0 Å². The van der Waals surface area contributed by atoms with Gasteiger partial charge < -0.3 is 0 Å². The largest absolute Gasteiger partial charge is 0.103 e. The summed E-state index contributed by atoms with van der Waals surface area (Å²) in [5.74, 6) is 0. The highest BCUT2D eigenvalue weighted by Gasteiger charge is 1.94. The molecule has 0 atom stereocenters. The molecule has 0 heterocycles. The van der Waals surface area contributed by atoms with Crippen LogP contribution in [0.1, 0.15) is 109 Å². The molecule has 0 aliphatic rings. The molecule has 0 aromatic heterocycles. The molecule has 21 heavy (non-hydrogen) atoms. The van der Waals surface area contributed by atoms with Gasteiger partial charge in [-0.15, -0.1) is 6.58 Å². The molecule has 0 saturated carbocycles. The highest BCUT2D eigenvalue weighted by Crippen LogP contribution is 2.14. The molecule has 0 rings (SSSR count). The van der Waals surface area contributed by atoms with Crippen molar-refractivity contribution in [1.29, 1.82) is 0 Å². The van der Waals surface area contributed by atoms with Crippen molar-refractivity contribution in [2.75, 3.05) is 0 Å². The summed E-state index contributed by atoms with van der Waals surface area (Å²) in [4.78, 5) is 0. The Bertz CT molecular complexity index is 182. The quantitative estimate of drug-likeness (QED) is 0.178. The van der Waals surface area contributed by atoms with E-state index in [1.807, 2.05) is 6.08 Å². The van der Waals surface area contributed by atoms with Gasteiger partial charge in [0.1, 0.15) is 0 Å². The molecule has 0 amide bonds. The molecule has 0 nitrogen and oxygen atoms in total. The Kier molecular flexibility index (Phi) is 19.0. The minimum atomic E-state index is 1.09. The van der Waals surface area contributed by atoms with E-state index in [0.29, 0.717) is 0 Å². The minimum absolute atomic E-state index is 1.09. The normalized spacial score (nSPS) is 10.7. The maximum atomic E-state index is 5.37. The van der Waals surface area contributed by atoms with Crippen LogP contribution >= 0.6 is 0 Å². The Hall–Kier alpha value is -0.520. The summed E-state index contributed by atoms with van der Waals surface area (Å²) in [6.45, 7) is 9.13. The van der Waals surface area contributed by atoms with Crippen LogP contribution in [-0.2, 0) is 0 Å². The first-order valence-electron chi connectivity index (χ1n) is 9.56. The summed E-state index contributed by atoms with van der Waals surface area (Å²) in [6.07, 6.45) is 27.4. The van der Waals surface area contributed by atoms with Gasteiger partial charge in [0.2, 0.25) is 0 Å². The van der Waals surface area contributed by atoms with Gasteiger partial charge in [-0.05, 0) is 25.7 Å². The van der Waals surface area contributed by atoms with E-state index >= 15 is 0 Å². The fourth-order valence-corrected chi connectivity index (χ4v) is 2.85. The molecule has 0 heteroatoms. The van der Waals surface area contributed by atoms with Gasteiger partial charge in [-0.3, -0.25) is 0 Å². The third kappa shape index (κ3) is 19.5. The lowest BCUT2D eigenvalue weighted by Gasteiger charge is -2.03. The number of rotatable bonds is 18. The number of hydrogen-bond acceptors (Lipinski definition) is 0. The van der Waals surface area contributed by atoms with Crippen LogP contribution < -0.4 is 0 Å². The van der Waals surface area contributed by atoms with Crippen molar-refractivity contribution in [3.63, 3.8) is 0 Å². The first-order chi connectivity index (χ1) is 10.4. The maximum absolute atomic E-state index is 5.37. The predicted molar refractivity (Wildman–Crippen MR) is 97.6 cm³/mol. The van der Waals surface area contributed by atoms with Crippen LogP contribution in [0.2, 0.25) is 0 Å². The SMILES string of the molecule is [CH]=CCCCCCCCCCCCCCCCCCC=C. The van der Waals surface area contributed by atoms with Crippen molar-refractivity contribution in [2.45, 2.75) is 109 Å². The van der Waals surface area contributed by atoms with Crippen molar-refractivity contribution in [1.82, 2.24) is 0 Å². The number of allylic oxidation sites excluding steroid dienone is 2. The van der Waals surface area contributed by atoms with E-state index in [0.717, 1.165) is 6.42 Å². The molecule has 0 saturated heterocycles. The van der Waals surface area contributed by atoms with E-state index in [1.54, 1.807) is 6.08 Å². The lowest BCUT2D eigenvalue weighted by atomic mass is 10.0. The Morgan fingerprint density at radius 2 is 0.762 bits per heavy atom. The smallest absolute Gasteiger partial charge is 0.0348 e. The molecule has 0 fully saturated rings. The van der Waals surface area contributed by atoms with Gasteiger partial charge in [-0.2, -0.15) is 0 Å². The van der Waals surface area contributed by atoms with Crippen LogP contribution in [0, 0.1) is 6.58 Å². The Labute approximate surface area is 135 Å². The summed E-state index contributed by atoms with van der Waals surface area (Å²) in [5, 5.41) is 0. The molecule has 0 aliphatic carbocycles. The first-order valence-corrected chi connectivity index (χ1v) is 9.56. The molecule has 0 spiro atoms. The Morgan fingerprint density at radius 1 is 0.476 bits per heavy atom. The highest BCUT2D eigenvalue weighted by molar-refractivity contribution is 4.65. The topological polar surface area (TPSA) is 0 Å². The zero-order valence-corrected chi connectivity index (χ0v) is 14.5. The van der Waals surface area contributed by atoms with Crippen molar-refractivity contribution in [2.24, 2.45) is 0 Å². The van der Waals surface area contributed by atoms with Crippen molar-refractivity contribution >= 4 is 0 Å². The van der Waals surface area contributed by atoms with E-state index in [4.69, 9.17) is 6.58 Å². The highest BCUT2D eigenvalue weighted by atomic mass is 14.0. The van der Waals surface area contributed by atoms with Crippen molar-refractivity contribution < 1.29 is 0 Å². The minimum Gasteiger partial charge on any atom is -0.103 e. The summed E-state index contributed by atoms with van der Waals surface area (Å²) in [6, 6.07) is 0. The molecule has 1 radical (unpaired) electrons. The van der Waals surface area contributed by atoms with Crippen LogP contribution in [0.5, 0.6) is 0 Å². The molecule has 0 aromatic rings. The molecule has 123 valence electrons. The molecule has 0 aliphatic heterocycles. The fourth-order valence-electron chi connectivity index (χ4n) is 2.85. The third-order valence-corrected chi connectivity index (χ3v) is 4.28. The fraction of sp³-hybridized carbons (Fsp3) is 0.810. The second kappa shape index (κ2) is 19.5. The number of hydrogen-bond donors (Lipinski definition) is 0. The average Bonchev–Trinajstić information content (AvgIpc) is 2.50. The number of unbranched alkanes of at least 4 members (excludes halogenated alkanes) is 16. The summed E-state index contributed by atoms with van der Waals surface area (Å²) in [7, 11) is 0. The van der Waals surface area contributed by atoms with E-state index in [1.165, 1.54) is 103 Å². The van der Waals surface area contributed by atoms with E-state index < -0.39 is 0 Å². The summed E-state index contributed by atoms with van der Waals surface area (Å²) in [5.41, 5.74) is 0. The monoisotopic (exact) mass is 291 g/mol. The molecular formula is C21H39. The van der Waals surface area contributed by atoms with Crippen LogP contribution in [0.15, 0.2) is 18.7 Å². The zero-order chi connectivity index (χ0) is 15.4. The maximum Gasteiger partial charge on any atom is -0.0348 e. The molecule has 0 N–H and O–H groups in total. The van der Waals surface area contributed by atoms with Crippen LogP contribution in [0.4, 0.5) is 0 Å². The third-order valence-electron chi connectivity index (χ3n) is 4.28. The standard InChI is InChI=1S/C21H39/c1-3-5-7-9-11-13-15-17-19-21-20-18-16-14-12-10-8-6-4-2/h1,3-4H,2,5-21H2. The van der Waals surface area contributed by atoms with Gasteiger partial charge in [0, 0.05) is 0 Å². The van der Waals surface area contributed by atoms with E-state index in [-0.39, 0.29) is 0 Å². The first kappa shape index (κ1) is 20.5. The van der Waals surface area contributed by atoms with E-state index in [9.17, 15) is 0 Å². The van der Waals surface area contributed by atoms with E-state index in [2.05, 4.69) is 6.58 Å². The lowest BCUT2D eigenvalue weighted by Crippen LogP contribution is -1.83. The van der Waals surface area contributed by atoms with Gasteiger partial charge in [0.25, 0.3) is 0 Å². The molecular weight excluding hydrogens is 252 g/mol. The summed E-state index contributed by atoms with van der Waals surface area (Å²) >= 11 is 0. The Balaban J connectivity index is 2.93. The van der Waals surface area contributed by atoms with Gasteiger partial charge in [0.05, 0.1) is 0 Å². The average molecular weight is 292 g/mol. The zero-order valence-electron chi connectivity index (χ0n) is 14.5. The predicted octanol–water partition coefficient (Wildman–Crippen LogP) is 7.79. The van der Waals surface area contributed by atoms with Gasteiger partial charge in [-0.25, -0.2) is 0 Å². The van der Waals surface area contributed by atoms with Crippen molar-refractivity contribution in [3.05, 3.63) is 25.3 Å². The van der Waals surface area contributed by atoms with Crippen LogP contribution in [-0.4, -0.2) is 0 Å². The van der Waals surface area contributed by atoms with Crippen LogP contribution in [0.25, 0.3) is 0 Å². The lowest BCUT2D eigenvalue weighted by molar-refractivity contribution is 0.531. The summed E-state index contributed by atoms with van der Waals surface area (Å²) < 4.78 is 0. The Morgan fingerprint density at radius 3 is 1.05 bits per heavy atom. The molecule has 0 bridgehead atoms. The van der Waals surface area contributed by atoms with Gasteiger partial charge >= 0.3 is 0 Å². The van der Waals surface area contributed by atoms with Gasteiger partial charge in [0.15, 0.2) is 0 Å². The van der Waals surface area contributed by atoms with Gasteiger partial charge in [-0.1, -0.05) is 102 Å². The second-order valence-electron chi connectivity index (χ2n) is 6.41.